The van der Waals surface area contributed by atoms with E-state index in [1.165, 1.54) is 0 Å². The predicted molar refractivity (Wildman–Crippen MR) is 41.6 cm³/mol. The smallest absolute Gasteiger partial charge is 0.000871 e. The summed E-state index contributed by atoms with van der Waals surface area (Å²) in [5.41, 5.74) is 0. The molecule has 8 heavy (non-hydrogen) atoms. The molecule has 1 atom stereocenters. The van der Waals surface area contributed by atoms with Crippen molar-refractivity contribution < 1.29 is 0 Å². The molecule has 0 saturated heterocycles. The summed E-state index contributed by atoms with van der Waals surface area (Å²) < 4.78 is 0. The predicted octanol–water partition coefficient (Wildman–Crippen LogP) is 1.11. The second-order valence-corrected chi connectivity index (χ2v) is 2.92. The minimum atomic E-state index is 0.716. The van der Waals surface area contributed by atoms with E-state index in [4.69, 9.17) is 0 Å². The summed E-state index contributed by atoms with van der Waals surface area (Å²) in [5.74, 6) is 1.70. The van der Waals surface area contributed by atoms with E-state index in [-0.39, 0.29) is 0 Å². The van der Waals surface area contributed by atoms with Crippen molar-refractivity contribution in [2.75, 3.05) is 26.4 Å². The van der Waals surface area contributed by atoms with Crippen molar-refractivity contribution in [3.8, 4) is 0 Å². The summed E-state index contributed by atoms with van der Waals surface area (Å²) in [6.07, 6.45) is 0. The van der Waals surface area contributed by atoms with Gasteiger partial charge >= 0.3 is 0 Å². The number of nitrogens with zero attached hydrogens (tertiary/aromatic N) is 1. The molecular weight excluding hydrogens is 118 g/mol. The van der Waals surface area contributed by atoms with Crippen molar-refractivity contribution in [2.45, 2.75) is 6.92 Å². The highest BCUT2D eigenvalue weighted by Crippen LogP contribution is 1.97. The van der Waals surface area contributed by atoms with E-state index in [0.717, 1.165) is 12.3 Å². The van der Waals surface area contributed by atoms with Gasteiger partial charge in [-0.1, -0.05) is 6.92 Å². The molecule has 50 valence electrons. The molecule has 0 amide bonds. The van der Waals surface area contributed by atoms with Crippen LogP contribution < -0.4 is 0 Å². The molecule has 0 spiro atoms. The number of hydrogen-bond donors (Lipinski definition) is 1. The van der Waals surface area contributed by atoms with Crippen LogP contribution >= 0.6 is 12.6 Å². The lowest BCUT2D eigenvalue weighted by atomic mass is 10.2. The van der Waals surface area contributed by atoms with Crippen LogP contribution in [-0.4, -0.2) is 31.3 Å². The fourth-order valence-electron chi connectivity index (χ4n) is 0.681. The molecule has 0 aromatic rings. The van der Waals surface area contributed by atoms with Gasteiger partial charge in [0, 0.05) is 6.54 Å². The standard InChI is InChI=1S/C6H15NS/c1-6(5-8)4-7(2)3/h6,8H,4-5H2,1-3H3. The topological polar surface area (TPSA) is 3.24 Å². The number of thiol groups is 1. The van der Waals surface area contributed by atoms with Gasteiger partial charge in [0.2, 0.25) is 0 Å². The van der Waals surface area contributed by atoms with Crippen molar-refractivity contribution in [3.05, 3.63) is 0 Å². The third-order valence-corrected chi connectivity index (χ3v) is 1.61. The Balaban J connectivity index is 3.10. The second kappa shape index (κ2) is 4.21. The van der Waals surface area contributed by atoms with Crippen LogP contribution in [-0.2, 0) is 0 Å². The molecule has 0 saturated carbocycles. The molecule has 2 heteroatoms. The normalized spacial score (nSPS) is 14.6. The van der Waals surface area contributed by atoms with Crippen LogP contribution in [0.3, 0.4) is 0 Å². The highest BCUT2D eigenvalue weighted by molar-refractivity contribution is 7.80. The minimum absolute atomic E-state index is 0.716. The van der Waals surface area contributed by atoms with E-state index in [1.54, 1.807) is 0 Å². The maximum atomic E-state index is 4.16. The quantitative estimate of drug-likeness (QED) is 0.565. The van der Waals surface area contributed by atoms with Crippen LogP contribution in [0.1, 0.15) is 6.92 Å². The Hall–Kier alpha value is 0.310. The third-order valence-electron chi connectivity index (χ3n) is 0.988. The molecule has 0 aliphatic heterocycles. The minimum Gasteiger partial charge on any atom is -0.309 e. The van der Waals surface area contributed by atoms with Crippen molar-refractivity contribution >= 4 is 12.6 Å². The van der Waals surface area contributed by atoms with Crippen LogP contribution in [0.25, 0.3) is 0 Å². The summed E-state index contributed by atoms with van der Waals surface area (Å²) in [7, 11) is 4.17. The molecule has 0 aliphatic rings. The zero-order chi connectivity index (χ0) is 6.57. The van der Waals surface area contributed by atoms with Gasteiger partial charge in [0.1, 0.15) is 0 Å². The first-order valence-corrected chi connectivity index (χ1v) is 3.55. The SMILES string of the molecule is CC(CS)CN(C)C. The van der Waals surface area contributed by atoms with Gasteiger partial charge in [-0.05, 0) is 25.8 Å². The first-order chi connectivity index (χ1) is 3.66. The van der Waals surface area contributed by atoms with Gasteiger partial charge in [-0.15, -0.1) is 0 Å². The van der Waals surface area contributed by atoms with Gasteiger partial charge in [0.25, 0.3) is 0 Å². The summed E-state index contributed by atoms with van der Waals surface area (Å²) in [5, 5.41) is 0. The zero-order valence-corrected chi connectivity index (χ0v) is 6.78. The molecule has 0 radical (unpaired) electrons. The summed E-state index contributed by atoms with van der Waals surface area (Å²) in [6, 6.07) is 0. The first kappa shape index (κ1) is 8.31. The highest BCUT2D eigenvalue weighted by Gasteiger charge is 1.98. The monoisotopic (exact) mass is 133 g/mol. The van der Waals surface area contributed by atoms with Crippen LogP contribution in [0.2, 0.25) is 0 Å². The van der Waals surface area contributed by atoms with E-state index in [0.29, 0.717) is 5.92 Å². The zero-order valence-electron chi connectivity index (χ0n) is 5.89. The van der Waals surface area contributed by atoms with E-state index in [2.05, 4.69) is 38.5 Å². The Kier molecular flexibility index (Phi) is 4.38. The van der Waals surface area contributed by atoms with E-state index in [1.807, 2.05) is 0 Å². The average molecular weight is 133 g/mol. The van der Waals surface area contributed by atoms with Gasteiger partial charge in [0.05, 0.1) is 0 Å². The van der Waals surface area contributed by atoms with Crippen molar-refractivity contribution in [1.82, 2.24) is 4.90 Å². The Morgan fingerprint density at radius 1 is 1.50 bits per heavy atom. The molecule has 0 N–H and O–H groups in total. The molecule has 0 aromatic heterocycles. The largest absolute Gasteiger partial charge is 0.309 e. The number of rotatable bonds is 3. The van der Waals surface area contributed by atoms with E-state index < -0.39 is 0 Å². The number of hydrogen-bond acceptors (Lipinski definition) is 2. The third kappa shape index (κ3) is 4.47. The maximum Gasteiger partial charge on any atom is 0.000871 e. The Labute approximate surface area is 57.5 Å². The molecule has 0 aliphatic carbocycles. The summed E-state index contributed by atoms with van der Waals surface area (Å²) in [4.78, 5) is 2.18. The Morgan fingerprint density at radius 2 is 2.00 bits per heavy atom. The molecule has 1 unspecified atom stereocenters. The molecule has 0 rings (SSSR count). The lowest BCUT2D eigenvalue weighted by Crippen LogP contribution is -2.20. The van der Waals surface area contributed by atoms with Gasteiger partial charge < -0.3 is 4.90 Å². The van der Waals surface area contributed by atoms with Gasteiger partial charge in [-0.2, -0.15) is 12.6 Å². The Bertz CT molecular complexity index is 54.5. The van der Waals surface area contributed by atoms with Crippen LogP contribution in [0.4, 0.5) is 0 Å². The molecule has 0 heterocycles. The second-order valence-electron chi connectivity index (χ2n) is 2.55. The average Bonchev–Trinajstić information content (AvgIpc) is 1.65. The maximum absolute atomic E-state index is 4.16. The van der Waals surface area contributed by atoms with Gasteiger partial charge in [0.15, 0.2) is 0 Å². The molecule has 0 aromatic carbocycles. The molecule has 0 fully saturated rings. The van der Waals surface area contributed by atoms with Gasteiger partial charge in [-0.3, -0.25) is 0 Å². The van der Waals surface area contributed by atoms with Crippen LogP contribution in [0.15, 0.2) is 0 Å². The fraction of sp³-hybridized carbons (Fsp3) is 1.00. The van der Waals surface area contributed by atoms with E-state index >= 15 is 0 Å². The Morgan fingerprint density at radius 3 is 2.12 bits per heavy atom. The summed E-state index contributed by atoms with van der Waals surface area (Å²) >= 11 is 4.16. The van der Waals surface area contributed by atoms with Crippen molar-refractivity contribution in [2.24, 2.45) is 5.92 Å². The summed E-state index contributed by atoms with van der Waals surface area (Å²) in [6.45, 7) is 3.34. The van der Waals surface area contributed by atoms with Gasteiger partial charge in [-0.25, -0.2) is 0 Å². The van der Waals surface area contributed by atoms with Crippen LogP contribution in [0.5, 0.6) is 0 Å². The highest BCUT2D eigenvalue weighted by atomic mass is 32.1. The van der Waals surface area contributed by atoms with Crippen LogP contribution in [0, 0.1) is 5.92 Å². The molecule has 1 nitrogen and oxygen atoms in total. The lowest BCUT2D eigenvalue weighted by Gasteiger charge is -2.13. The molecular formula is C6H15NS. The van der Waals surface area contributed by atoms with Crippen molar-refractivity contribution in [3.63, 3.8) is 0 Å². The molecule has 0 bridgehead atoms. The first-order valence-electron chi connectivity index (χ1n) is 2.92. The van der Waals surface area contributed by atoms with Crippen molar-refractivity contribution in [1.29, 1.82) is 0 Å². The van der Waals surface area contributed by atoms with E-state index in [9.17, 15) is 0 Å². The fourth-order valence-corrected chi connectivity index (χ4v) is 0.797. The lowest BCUT2D eigenvalue weighted by molar-refractivity contribution is 0.357.